The van der Waals surface area contributed by atoms with Crippen LogP contribution in [-0.4, -0.2) is 45.2 Å². The molecule has 3 rings (SSSR count). The maximum absolute atomic E-state index is 11.1. The smallest absolute Gasteiger partial charge is 0.347 e. The number of carboxylic acids is 2. The van der Waals surface area contributed by atoms with Gasteiger partial charge in [0.2, 0.25) is 0 Å². The van der Waals surface area contributed by atoms with E-state index in [0.717, 1.165) is 18.2 Å². The molecule has 0 radical (unpaired) electrons. The van der Waals surface area contributed by atoms with Gasteiger partial charge in [0.15, 0.2) is 0 Å². The molecule has 0 aromatic heterocycles. The average molecular weight is 388 g/mol. The number of fused-ring (bicyclic) bond motifs is 1. The molecule has 2 aromatic carbocycles. The van der Waals surface area contributed by atoms with Gasteiger partial charge in [0.05, 0.1) is 22.3 Å². The summed E-state index contributed by atoms with van der Waals surface area (Å²) in [5.41, 5.74) is -0.451. The van der Waals surface area contributed by atoms with Gasteiger partial charge in [-0.1, -0.05) is 0 Å². The summed E-state index contributed by atoms with van der Waals surface area (Å²) in [6, 6.07) is 7.19. The van der Waals surface area contributed by atoms with E-state index in [0.29, 0.717) is 0 Å². The van der Waals surface area contributed by atoms with Crippen LogP contribution in [0.25, 0.3) is 0 Å². The van der Waals surface area contributed by atoms with Gasteiger partial charge in [-0.05, 0) is 36.4 Å². The molecule has 0 saturated heterocycles. The van der Waals surface area contributed by atoms with Crippen LogP contribution in [0.4, 0.5) is 0 Å². The highest BCUT2D eigenvalue weighted by atomic mass is 16.6. The Morgan fingerprint density at radius 1 is 0.857 bits per heavy atom. The van der Waals surface area contributed by atoms with Gasteiger partial charge in [-0.25, -0.2) is 19.2 Å². The molecule has 0 spiro atoms. The fourth-order valence-electron chi connectivity index (χ4n) is 2.19. The maximum Gasteiger partial charge on any atom is 0.347 e. The molecule has 1 aliphatic heterocycles. The number of carbonyl (C=O) groups is 5. The first-order chi connectivity index (χ1) is 13.1. The Kier molecular flexibility index (Phi) is 5.74. The van der Waals surface area contributed by atoms with Crippen molar-refractivity contribution in [3.05, 3.63) is 58.7 Å². The lowest BCUT2D eigenvalue weighted by Crippen LogP contribution is -2.07. The quantitative estimate of drug-likeness (QED) is 0.400. The van der Waals surface area contributed by atoms with Gasteiger partial charge in [-0.3, -0.25) is 4.79 Å². The number of aromatic carboxylic acids is 2. The Bertz CT molecular complexity index is 1010. The number of phenols is 1. The molecule has 144 valence electrons. The van der Waals surface area contributed by atoms with Crippen molar-refractivity contribution in [2.24, 2.45) is 0 Å². The molecule has 1 heterocycles. The predicted molar refractivity (Wildman–Crippen MR) is 89.5 cm³/mol. The Balaban J connectivity index is 0.000000203. The van der Waals surface area contributed by atoms with Gasteiger partial charge in [0.25, 0.3) is 0 Å². The van der Waals surface area contributed by atoms with Gasteiger partial charge < -0.3 is 24.8 Å². The van der Waals surface area contributed by atoms with Gasteiger partial charge in [-0.15, -0.1) is 0 Å². The molecule has 0 amide bonds. The zero-order chi connectivity index (χ0) is 21.0. The van der Waals surface area contributed by atoms with Gasteiger partial charge >= 0.3 is 29.8 Å². The van der Waals surface area contributed by atoms with Crippen molar-refractivity contribution in [3.8, 4) is 11.5 Å². The normalized spacial score (nSPS) is 11.6. The van der Waals surface area contributed by atoms with Gasteiger partial charge in [0.1, 0.15) is 11.5 Å². The zero-order valence-electron chi connectivity index (χ0n) is 14.2. The van der Waals surface area contributed by atoms with Crippen LogP contribution < -0.4 is 4.74 Å². The zero-order valence-corrected chi connectivity index (χ0v) is 14.2. The van der Waals surface area contributed by atoms with Crippen molar-refractivity contribution in [1.29, 1.82) is 0 Å². The number of hydrogen-bond acceptors (Lipinski definition) is 8. The van der Waals surface area contributed by atoms with Crippen LogP contribution in [0.15, 0.2) is 36.4 Å². The molecular weight excluding hydrogens is 376 g/mol. The van der Waals surface area contributed by atoms with Crippen molar-refractivity contribution in [2.45, 2.75) is 6.92 Å². The third-order valence-electron chi connectivity index (χ3n) is 3.34. The van der Waals surface area contributed by atoms with E-state index in [1.54, 1.807) is 0 Å². The molecule has 0 atom stereocenters. The summed E-state index contributed by atoms with van der Waals surface area (Å²) < 4.78 is 9.14. The Morgan fingerprint density at radius 3 is 2.04 bits per heavy atom. The molecule has 0 aliphatic carbocycles. The van der Waals surface area contributed by atoms with E-state index in [9.17, 15) is 24.0 Å². The fourth-order valence-corrected chi connectivity index (χ4v) is 2.19. The standard InChI is InChI=1S/C10H6O5.C8H6O5/c1-5(11)14-6-2-3-7-8(4-6)10(13)15-9(7)12;9-4-1-2-5(7(10)11)6(3-4)8(12)13/h2-4H,1H3;1-3,9H,(H,10,11)(H,12,13). The number of ether oxygens (including phenoxy) is 2. The largest absolute Gasteiger partial charge is 0.508 e. The summed E-state index contributed by atoms with van der Waals surface area (Å²) in [7, 11) is 0. The Labute approximate surface area is 156 Å². The first-order valence-electron chi connectivity index (χ1n) is 7.48. The Hall–Kier alpha value is -4.21. The second kappa shape index (κ2) is 7.99. The van der Waals surface area contributed by atoms with Crippen molar-refractivity contribution in [2.75, 3.05) is 0 Å². The van der Waals surface area contributed by atoms with Gasteiger partial charge in [-0.2, -0.15) is 0 Å². The van der Waals surface area contributed by atoms with E-state index in [1.165, 1.54) is 25.1 Å². The minimum atomic E-state index is -1.38. The lowest BCUT2D eigenvalue weighted by atomic mass is 10.1. The first-order valence-corrected chi connectivity index (χ1v) is 7.48. The van der Waals surface area contributed by atoms with Crippen molar-refractivity contribution in [3.63, 3.8) is 0 Å². The summed E-state index contributed by atoms with van der Waals surface area (Å²) in [5, 5.41) is 26.0. The number of hydrogen-bond donors (Lipinski definition) is 3. The van der Waals surface area contributed by atoms with E-state index in [4.69, 9.17) is 20.1 Å². The van der Waals surface area contributed by atoms with Crippen LogP contribution in [0.5, 0.6) is 11.5 Å². The Morgan fingerprint density at radius 2 is 1.46 bits per heavy atom. The monoisotopic (exact) mass is 388 g/mol. The number of esters is 3. The van der Waals surface area contributed by atoms with Crippen LogP contribution in [0.2, 0.25) is 0 Å². The number of aromatic hydroxyl groups is 1. The van der Waals surface area contributed by atoms with E-state index < -0.39 is 35.4 Å². The number of phenolic OH excluding ortho intramolecular Hbond substituents is 1. The van der Waals surface area contributed by atoms with Crippen molar-refractivity contribution < 1.29 is 48.8 Å². The third kappa shape index (κ3) is 4.49. The second-order valence-electron chi connectivity index (χ2n) is 5.32. The predicted octanol–water partition coefficient (Wildman–Crippen LogP) is 1.71. The topological polar surface area (TPSA) is 164 Å². The van der Waals surface area contributed by atoms with Crippen LogP contribution in [0.3, 0.4) is 0 Å². The summed E-state index contributed by atoms with van der Waals surface area (Å²) in [6.07, 6.45) is 0. The molecule has 3 N–H and O–H groups in total. The fraction of sp³-hybridized carbons (Fsp3) is 0.0556. The van der Waals surface area contributed by atoms with E-state index in [-0.39, 0.29) is 28.2 Å². The van der Waals surface area contributed by atoms with E-state index in [2.05, 4.69) is 4.74 Å². The minimum absolute atomic E-state index is 0.124. The molecule has 10 heteroatoms. The van der Waals surface area contributed by atoms with E-state index >= 15 is 0 Å². The van der Waals surface area contributed by atoms with Crippen LogP contribution >= 0.6 is 0 Å². The molecule has 10 nitrogen and oxygen atoms in total. The number of carbonyl (C=O) groups excluding carboxylic acids is 3. The highest BCUT2D eigenvalue weighted by Gasteiger charge is 2.29. The van der Waals surface area contributed by atoms with Crippen LogP contribution in [-0.2, 0) is 9.53 Å². The van der Waals surface area contributed by atoms with Crippen molar-refractivity contribution >= 4 is 29.8 Å². The molecular formula is C18H12O10. The molecule has 2 aromatic rings. The molecule has 0 fully saturated rings. The summed E-state index contributed by atoms with van der Waals surface area (Å²) in [5.74, 6) is -4.66. The highest BCUT2D eigenvalue weighted by Crippen LogP contribution is 2.24. The molecule has 0 saturated carbocycles. The van der Waals surface area contributed by atoms with Crippen LogP contribution in [0.1, 0.15) is 48.4 Å². The number of rotatable bonds is 3. The summed E-state index contributed by atoms with van der Waals surface area (Å²) >= 11 is 0. The summed E-state index contributed by atoms with van der Waals surface area (Å²) in [4.78, 5) is 53.8. The minimum Gasteiger partial charge on any atom is -0.508 e. The number of cyclic esters (lactones) is 2. The van der Waals surface area contributed by atoms with E-state index in [1.807, 2.05) is 0 Å². The maximum atomic E-state index is 11.1. The average Bonchev–Trinajstić information content (AvgIpc) is 2.88. The highest BCUT2D eigenvalue weighted by molar-refractivity contribution is 6.14. The molecule has 0 bridgehead atoms. The lowest BCUT2D eigenvalue weighted by Gasteiger charge is -2.00. The first kappa shape index (κ1) is 20.1. The van der Waals surface area contributed by atoms with Crippen LogP contribution in [0, 0.1) is 0 Å². The number of carboxylic acid groups (broad SMARTS) is 2. The number of benzene rings is 2. The third-order valence-corrected chi connectivity index (χ3v) is 3.34. The molecule has 28 heavy (non-hydrogen) atoms. The molecule has 0 unspecified atom stereocenters. The summed E-state index contributed by atoms with van der Waals surface area (Å²) in [6.45, 7) is 1.25. The second-order valence-corrected chi connectivity index (χ2v) is 5.32. The lowest BCUT2D eigenvalue weighted by molar-refractivity contribution is -0.131. The SMILES string of the molecule is CC(=O)Oc1ccc2c(c1)C(=O)OC2=O.O=C(O)c1ccc(O)cc1C(=O)O. The van der Waals surface area contributed by atoms with Crippen molar-refractivity contribution in [1.82, 2.24) is 0 Å². The molecule has 1 aliphatic rings. The van der Waals surface area contributed by atoms with Gasteiger partial charge in [0, 0.05) is 6.92 Å².